The molecule has 7 fully saturated rings. The third-order valence-electron chi connectivity index (χ3n) is 15.0. The number of fused-ring (bicyclic) bond motifs is 4. The zero-order chi connectivity index (χ0) is 33.2. The zero-order valence-corrected chi connectivity index (χ0v) is 30.3. The van der Waals surface area contributed by atoms with Crippen molar-refractivity contribution < 1.29 is 28.8 Å². The molecule has 8 rings (SSSR count). The first-order chi connectivity index (χ1) is 24.1. The van der Waals surface area contributed by atoms with Crippen molar-refractivity contribution in [3.8, 4) is 0 Å². The lowest BCUT2D eigenvalue weighted by molar-refractivity contribution is -0.162. The zero-order valence-electron chi connectivity index (χ0n) is 30.3. The molecule has 0 radical (unpaired) electrons. The van der Waals surface area contributed by atoms with Crippen molar-refractivity contribution in [3.05, 3.63) is 11.8 Å². The lowest BCUT2D eigenvalue weighted by Gasteiger charge is -2.39. The average Bonchev–Trinajstić information content (AvgIpc) is 3.59. The number of allylic oxidation sites excluding steroid dienone is 1. The van der Waals surface area contributed by atoms with Crippen molar-refractivity contribution in [3.63, 3.8) is 0 Å². The average molecular weight is 683 g/mol. The molecule has 49 heavy (non-hydrogen) atoms. The van der Waals surface area contributed by atoms with Crippen molar-refractivity contribution in [2.24, 2.45) is 53.3 Å². The molecule has 0 aromatic carbocycles. The van der Waals surface area contributed by atoms with E-state index >= 15 is 0 Å². The summed E-state index contributed by atoms with van der Waals surface area (Å²) in [4.78, 5) is 18.8. The minimum atomic E-state index is -0.338. The van der Waals surface area contributed by atoms with Gasteiger partial charge in [0.25, 0.3) is 5.91 Å². The van der Waals surface area contributed by atoms with Crippen molar-refractivity contribution in [2.45, 2.75) is 134 Å². The molecule has 1 amide bonds. The fourth-order valence-electron chi connectivity index (χ4n) is 12.1. The summed E-state index contributed by atoms with van der Waals surface area (Å²) in [6.07, 6.45) is 25.1. The first-order valence-corrected chi connectivity index (χ1v) is 20.9. The molecular formula is C41H66N2O6. The number of rotatable bonds is 8. The van der Waals surface area contributed by atoms with Gasteiger partial charge in [-0.15, -0.1) is 0 Å². The number of aliphatic hydroxyl groups is 1. The summed E-state index contributed by atoms with van der Waals surface area (Å²) in [7, 11) is 0. The number of ether oxygens (including phenoxy) is 4. The molecule has 0 aromatic rings. The Kier molecular flexibility index (Phi) is 11.5. The second-order valence-electron chi connectivity index (χ2n) is 17.8. The maximum atomic E-state index is 14.2. The number of carbonyl (C=O) groups excluding carboxylic acids is 1. The minimum absolute atomic E-state index is 0.0748. The van der Waals surface area contributed by atoms with Crippen LogP contribution in [0, 0.1) is 53.3 Å². The van der Waals surface area contributed by atoms with Gasteiger partial charge in [-0.25, -0.2) is 0 Å². The summed E-state index contributed by atoms with van der Waals surface area (Å²) < 4.78 is 24.7. The third-order valence-corrected chi connectivity index (χ3v) is 15.0. The van der Waals surface area contributed by atoms with Crippen LogP contribution in [-0.4, -0.2) is 92.0 Å². The predicted molar refractivity (Wildman–Crippen MR) is 188 cm³/mol. The largest absolute Gasteiger partial charge is 0.459 e. The van der Waals surface area contributed by atoms with E-state index in [1.165, 1.54) is 70.6 Å². The van der Waals surface area contributed by atoms with Crippen molar-refractivity contribution in [1.29, 1.82) is 0 Å². The van der Waals surface area contributed by atoms with E-state index in [2.05, 4.69) is 11.0 Å². The van der Waals surface area contributed by atoms with Gasteiger partial charge in [0.05, 0.1) is 18.8 Å². The minimum Gasteiger partial charge on any atom is -0.459 e. The van der Waals surface area contributed by atoms with Crippen LogP contribution in [-0.2, 0) is 23.7 Å². The van der Waals surface area contributed by atoms with Gasteiger partial charge in [-0.1, -0.05) is 25.7 Å². The first-order valence-electron chi connectivity index (χ1n) is 20.9. The van der Waals surface area contributed by atoms with Gasteiger partial charge in [-0.05, 0) is 143 Å². The van der Waals surface area contributed by atoms with Gasteiger partial charge >= 0.3 is 0 Å². The van der Waals surface area contributed by atoms with Gasteiger partial charge in [0.2, 0.25) is 6.29 Å². The maximum Gasteiger partial charge on any atom is 0.288 e. The smallest absolute Gasteiger partial charge is 0.288 e. The Hall–Kier alpha value is -1.19. The van der Waals surface area contributed by atoms with Gasteiger partial charge in [0.1, 0.15) is 6.79 Å². The quantitative estimate of drug-likeness (QED) is 0.284. The van der Waals surface area contributed by atoms with Gasteiger partial charge < -0.3 is 29.0 Å². The Bertz CT molecular complexity index is 1130. The van der Waals surface area contributed by atoms with E-state index in [1.54, 1.807) is 0 Å². The molecule has 1 N–H and O–H groups in total. The van der Waals surface area contributed by atoms with Gasteiger partial charge in [-0.3, -0.25) is 9.69 Å². The molecule has 8 aliphatic rings. The number of amides is 1. The highest BCUT2D eigenvalue weighted by Crippen LogP contribution is 2.55. The number of carbonyl (C=O) groups is 1. The van der Waals surface area contributed by atoms with Crippen LogP contribution in [0.2, 0.25) is 0 Å². The second kappa shape index (κ2) is 16.2. The predicted octanol–water partition coefficient (Wildman–Crippen LogP) is 6.76. The van der Waals surface area contributed by atoms with Crippen LogP contribution < -0.4 is 0 Å². The van der Waals surface area contributed by atoms with Gasteiger partial charge in [0.15, 0.2) is 5.76 Å². The van der Waals surface area contributed by atoms with E-state index in [9.17, 15) is 9.90 Å². The molecule has 276 valence electrons. The van der Waals surface area contributed by atoms with Crippen molar-refractivity contribution in [1.82, 2.24) is 9.80 Å². The Morgan fingerprint density at radius 1 is 0.714 bits per heavy atom. The van der Waals surface area contributed by atoms with Crippen LogP contribution in [0.3, 0.4) is 0 Å². The number of hydrogen-bond acceptors (Lipinski definition) is 7. The van der Waals surface area contributed by atoms with Crippen molar-refractivity contribution in [2.75, 3.05) is 52.7 Å². The molecule has 3 aliphatic heterocycles. The topological polar surface area (TPSA) is 80.7 Å². The van der Waals surface area contributed by atoms with Crippen LogP contribution in [0.5, 0.6) is 0 Å². The summed E-state index contributed by atoms with van der Waals surface area (Å²) in [6.45, 7) is 5.94. The van der Waals surface area contributed by atoms with E-state index < -0.39 is 0 Å². The summed E-state index contributed by atoms with van der Waals surface area (Å²) in [6, 6.07) is 0. The normalized spacial score (nSPS) is 43.4. The van der Waals surface area contributed by atoms with Crippen LogP contribution >= 0.6 is 0 Å². The Balaban J connectivity index is 0.893. The van der Waals surface area contributed by atoms with E-state index in [0.29, 0.717) is 61.5 Å². The van der Waals surface area contributed by atoms with Gasteiger partial charge in [-0.2, -0.15) is 0 Å². The SMILES string of the molecule is O=C(C1=CC(C2CCC3CC4CCCCC4C3CC2)CC(OCC2CCCC(CO)CC2)O1)N1CCN(CC2CCC3OCOC3C2)CC1. The van der Waals surface area contributed by atoms with E-state index in [0.717, 1.165) is 101 Å². The Morgan fingerprint density at radius 3 is 2.35 bits per heavy atom. The molecule has 2 saturated heterocycles. The summed E-state index contributed by atoms with van der Waals surface area (Å²) >= 11 is 0. The number of hydrogen-bond donors (Lipinski definition) is 1. The number of nitrogens with zero attached hydrogens (tertiary/aromatic N) is 2. The summed E-state index contributed by atoms with van der Waals surface area (Å²) in [5, 5.41) is 9.72. The molecule has 0 aromatic heterocycles. The second-order valence-corrected chi connectivity index (χ2v) is 17.8. The monoisotopic (exact) mass is 682 g/mol. The molecular weight excluding hydrogens is 616 g/mol. The number of aliphatic hydroxyl groups excluding tert-OH is 1. The Morgan fingerprint density at radius 2 is 1.45 bits per heavy atom. The van der Waals surface area contributed by atoms with E-state index in [-0.39, 0.29) is 18.3 Å². The summed E-state index contributed by atoms with van der Waals surface area (Å²) in [5.41, 5.74) is 0. The molecule has 5 aliphatic carbocycles. The highest BCUT2D eigenvalue weighted by molar-refractivity contribution is 5.91. The highest BCUT2D eigenvalue weighted by Gasteiger charge is 2.46. The molecule has 5 saturated carbocycles. The Labute approximate surface area is 296 Å². The molecule has 0 spiro atoms. The number of piperazine rings is 1. The van der Waals surface area contributed by atoms with Crippen LogP contribution in [0.25, 0.3) is 0 Å². The highest BCUT2D eigenvalue weighted by atomic mass is 16.7. The van der Waals surface area contributed by atoms with Crippen molar-refractivity contribution >= 4 is 5.91 Å². The molecule has 8 heteroatoms. The van der Waals surface area contributed by atoms with Crippen LogP contribution in [0.15, 0.2) is 11.8 Å². The van der Waals surface area contributed by atoms with Crippen LogP contribution in [0.1, 0.15) is 116 Å². The molecule has 8 nitrogen and oxygen atoms in total. The fraction of sp³-hybridized carbons (Fsp3) is 0.927. The fourth-order valence-corrected chi connectivity index (χ4v) is 12.1. The molecule has 12 atom stereocenters. The third kappa shape index (κ3) is 8.24. The first kappa shape index (κ1) is 34.9. The lowest BCUT2D eigenvalue weighted by Crippen LogP contribution is -2.51. The summed E-state index contributed by atoms with van der Waals surface area (Å²) in [5.74, 6) is 7.08. The molecule has 3 heterocycles. The van der Waals surface area contributed by atoms with Crippen LogP contribution in [0.4, 0.5) is 0 Å². The lowest BCUT2D eigenvalue weighted by atomic mass is 9.75. The maximum absolute atomic E-state index is 14.2. The van der Waals surface area contributed by atoms with Gasteiger partial charge in [0, 0.05) is 45.8 Å². The standard InChI is InChI=1S/C41H66N2O6/c44-25-28-4-3-5-29(9-8-28)26-46-40-23-34(31-11-12-33-21-32-6-1-2-7-35(32)36(33)14-13-31)22-39(49-40)41(45)43-18-16-42(17-19-43)24-30-10-15-37-38(20-30)48-27-47-37/h22,28-38,40,44H,1-21,23-27H2. The molecule has 0 bridgehead atoms. The van der Waals surface area contributed by atoms with E-state index in [1.807, 2.05) is 4.90 Å². The van der Waals surface area contributed by atoms with E-state index in [4.69, 9.17) is 18.9 Å². The molecule has 12 unspecified atom stereocenters.